The molecule has 0 aliphatic heterocycles. The number of methoxy groups -OCH3 is 2. The molecule has 3 aromatic rings. The Morgan fingerprint density at radius 1 is 1.00 bits per heavy atom. The smallest absolute Gasteiger partial charge is 0.253 e. The summed E-state index contributed by atoms with van der Waals surface area (Å²) in [5, 5.41) is 4.20. The highest BCUT2D eigenvalue weighted by atomic mass is 16.5. The van der Waals surface area contributed by atoms with Crippen molar-refractivity contribution in [3.05, 3.63) is 58.4 Å². The highest BCUT2D eigenvalue weighted by molar-refractivity contribution is 5.80. The topological polar surface area (TPSA) is 72.6 Å². The lowest BCUT2D eigenvalue weighted by Crippen LogP contribution is -2.15. The predicted molar refractivity (Wildman–Crippen MR) is 103 cm³/mol. The first-order valence-electron chi connectivity index (χ1n) is 8.39. The van der Waals surface area contributed by atoms with Gasteiger partial charge in [0.15, 0.2) is 11.5 Å². The Morgan fingerprint density at radius 3 is 2.54 bits per heavy atom. The van der Waals surface area contributed by atoms with Crippen molar-refractivity contribution in [1.82, 2.24) is 4.98 Å². The summed E-state index contributed by atoms with van der Waals surface area (Å²) in [7, 11) is 3.18. The summed E-state index contributed by atoms with van der Waals surface area (Å²) in [6, 6.07) is 13.1. The van der Waals surface area contributed by atoms with Crippen molar-refractivity contribution in [2.24, 2.45) is 0 Å². The van der Waals surface area contributed by atoms with Crippen molar-refractivity contribution < 1.29 is 14.2 Å². The summed E-state index contributed by atoms with van der Waals surface area (Å²) in [6.07, 6.45) is 0. The molecule has 0 aliphatic rings. The molecule has 0 spiro atoms. The average molecular weight is 354 g/mol. The van der Waals surface area contributed by atoms with E-state index in [1.165, 1.54) is 0 Å². The summed E-state index contributed by atoms with van der Waals surface area (Å²) in [5.41, 5.74) is 2.13. The SMILES string of the molecule is CCOc1ccc2cc(CNc3ccc(OC)c(OC)c3)c(=O)[nH]c2c1. The van der Waals surface area contributed by atoms with E-state index in [9.17, 15) is 4.79 Å². The van der Waals surface area contributed by atoms with Crippen LogP contribution < -0.4 is 25.1 Å². The number of pyridine rings is 1. The molecule has 0 aliphatic carbocycles. The van der Waals surface area contributed by atoms with E-state index >= 15 is 0 Å². The molecule has 0 saturated carbocycles. The van der Waals surface area contributed by atoms with Gasteiger partial charge in [0.25, 0.3) is 5.56 Å². The number of fused-ring (bicyclic) bond motifs is 1. The predicted octanol–water partition coefficient (Wildman–Crippen LogP) is 3.56. The minimum atomic E-state index is -0.126. The molecule has 0 bridgehead atoms. The first kappa shape index (κ1) is 17.7. The number of aromatic nitrogens is 1. The molecule has 0 atom stereocenters. The van der Waals surface area contributed by atoms with E-state index < -0.39 is 0 Å². The van der Waals surface area contributed by atoms with E-state index in [0.29, 0.717) is 30.2 Å². The highest BCUT2D eigenvalue weighted by Gasteiger charge is 2.07. The summed E-state index contributed by atoms with van der Waals surface area (Å²) in [4.78, 5) is 15.3. The largest absolute Gasteiger partial charge is 0.494 e. The summed E-state index contributed by atoms with van der Waals surface area (Å²) >= 11 is 0. The number of benzene rings is 2. The molecule has 2 aromatic carbocycles. The van der Waals surface area contributed by atoms with Crippen molar-refractivity contribution in [2.75, 3.05) is 26.1 Å². The maximum atomic E-state index is 12.4. The Bertz CT molecular complexity index is 966. The first-order chi connectivity index (χ1) is 12.6. The Morgan fingerprint density at radius 2 is 1.81 bits per heavy atom. The lowest BCUT2D eigenvalue weighted by molar-refractivity contribution is 0.340. The number of nitrogens with one attached hydrogen (secondary N) is 2. The molecule has 26 heavy (non-hydrogen) atoms. The van der Waals surface area contributed by atoms with Crippen LogP contribution in [0.3, 0.4) is 0 Å². The Labute approximate surface area is 151 Å². The standard InChI is InChI=1S/C20H22N2O4/c1-4-26-16-7-5-13-9-14(20(23)22-17(13)11-16)12-21-15-6-8-18(24-2)19(10-15)25-3/h5-11,21H,4,12H2,1-3H3,(H,22,23). The van der Waals surface area contributed by atoms with Crippen LogP contribution >= 0.6 is 0 Å². The van der Waals surface area contributed by atoms with Crippen molar-refractivity contribution >= 4 is 16.6 Å². The van der Waals surface area contributed by atoms with Gasteiger partial charge in [-0.2, -0.15) is 0 Å². The first-order valence-corrected chi connectivity index (χ1v) is 8.39. The maximum absolute atomic E-state index is 12.4. The minimum absolute atomic E-state index is 0.126. The Balaban J connectivity index is 1.81. The molecule has 6 heteroatoms. The zero-order chi connectivity index (χ0) is 18.5. The number of anilines is 1. The van der Waals surface area contributed by atoms with Crippen molar-refractivity contribution in [3.63, 3.8) is 0 Å². The van der Waals surface area contributed by atoms with Gasteiger partial charge in [0, 0.05) is 29.9 Å². The molecule has 1 aromatic heterocycles. The Hall–Kier alpha value is -3.15. The fourth-order valence-corrected chi connectivity index (χ4v) is 2.76. The van der Waals surface area contributed by atoms with E-state index in [4.69, 9.17) is 14.2 Å². The second-order valence-corrected chi connectivity index (χ2v) is 5.73. The summed E-state index contributed by atoms with van der Waals surface area (Å²) in [6.45, 7) is 2.91. The van der Waals surface area contributed by atoms with E-state index in [0.717, 1.165) is 22.3 Å². The fraction of sp³-hybridized carbons (Fsp3) is 0.250. The van der Waals surface area contributed by atoms with Crippen LogP contribution in [0.15, 0.2) is 47.3 Å². The molecule has 0 fully saturated rings. The molecular weight excluding hydrogens is 332 g/mol. The lowest BCUT2D eigenvalue weighted by Gasteiger charge is -2.11. The monoisotopic (exact) mass is 354 g/mol. The average Bonchev–Trinajstić information content (AvgIpc) is 2.66. The molecule has 2 N–H and O–H groups in total. The van der Waals surface area contributed by atoms with Crippen LogP contribution in [0.25, 0.3) is 10.9 Å². The molecule has 1 heterocycles. The third-order valence-corrected chi connectivity index (χ3v) is 4.07. The summed E-state index contributed by atoms with van der Waals surface area (Å²) in [5.74, 6) is 2.03. The molecular formula is C20H22N2O4. The zero-order valence-corrected chi connectivity index (χ0v) is 15.1. The van der Waals surface area contributed by atoms with Gasteiger partial charge in [-0.1, -0.05) is 0 Å². The van der Waals surface area contributed by atoms with Gasteiger partial charge >= 0.3 is 0 Å². The van der Waals surface area contributed by atoms with Gasteiger partial charge in [-0.15, -0.1) is 0 Å². The van der Waals surface area contributed by atoms with Gasteiger partial charge in [-0.25, -0.2) is 0 Å². The van der Waals surface area contributed by atoms with Gasteiger partial charge in [0.1, 0.15) is 5.75 Å². The minimum Gasteiger partial charge on any atom is -0.494 e. The van der Waals surface area contributed by atoms with Crippen LogP contribution in [0.2, 0.25) is 0 Å². The number of hydrogen-bond donors (Lipinski definition) is 2. The Kier molecular flexibility index (Phi) is 5.31. The van der Waals surface area contributed by atoms with E-state index in [1.807, 2.05) is 49.4 Å². The molecule has 6 nitrogen and oxygen atoms in total. The molecule has 0 radical (unpaired) electrons. The van der Waals surface area contributed by atoms with Gasteiger partial charge in [-0.3, -0.25) is 4.79 Å². The van der Waals surface area contributed by atoms with Crippen LogP contribution in [0, 0.1) is 0 Å². The molecule has 0 unspecified atom stereocenters. The van der Waals surface area contributed by atoms with E-state index in [-0.39, 0.29) is 5.56 Å². The van der Waals surface area contributed by atoms with Crippen molar-refractivity contribution in [2.45, 2.75) is 13.5 Å². The van der Waals surface area contributed by atoms with Crippen molar-refractivity contribution in [1.29, 1.82) is 0 Å². The molecule has 0 saturated heterocycles. The van der Waals surface area contributed by atoms with Crippen molar-refractivity contribution in [3.8, 4) is 17.2 Å². The number of hydrogen-bond acceptors (Lipinski definition) is 5. The van der Waals surface area contributed by atoms with E-state index in [1.54, 1.807) is 14.2 Å². The lowest BCUT2D eigenvalue weighted by atomic mass is 10.1. The van der Waals surface area contributed by atoms with Crippen LogP contribution in [0.5, 0.6) is 17.2 Å². The molecule has 0 amide bonds. The molecule has 3 rings (SSSR count). The highest BCUT2D eigenvalue weighted by Crippen LogP contribution is 2.29. The van der Waals surface area contributed by atoms with Crippen LogP contribution in [0.4, 0.5) is 5.69 Å². The zero-order valence-electron chi connectivity index (χ0n) is 15.1. The number of H-pyrrole nitrogens is 1. The van der Waals surface area contributed by atoms with Crippen LogP contribution in [-0.4, -0.2) is 25.8 Å². The third-order valence-electron chi connectivity index (χ3n) is 4.07. The number of rotatable bonds is 7. The van der Waals surface area contributed by atoms with Gasteiger partial charge < -0.3 is 24.5 Å². The van der Waals surface area contributed by atoms with Crippen LogP contribution in [0.1, 0.15) is 12.5 Å². The summed E-state index contributed by atoms with van der Waals surface area (Å²) < 4.78 is 16.0. The normalized spacial score (nSPS) is 10.6. The molecule has 136 valence electrons. The van der Waals surface area contributed by atoms with Gasteiger partial charge in [-0.05, 0) is 42.6 Å². The third kappa shape index (κ3) is 3.74. The van der Waals surface area contributed by atoms with Gasteiger partial charge in [0.05, 0.1) is 26.3 Å². The number of aromatic amines is 1. The number of ether oxygens (including phenoxy) is 3. The second kappa shape index (κ2) is 7.82. The second-order valence-electron chi connectivity index (χ2n) is 5.73. The van der Waals surface area contributed by atoms with E-state index in [2.05, 4.69) is 10.3 Å². The maximum Gasteiger partial charge on any atom is 0.253 e. The quantitative estimate of drug-likeness (QED) is 0.679. The fourth-order valence-electron chi connectivity index (χ4n) is 2.76. The van der Waals surface area contributed by atoms with Crippen LogP contribution in [-0.2, 0) is 6.54 Å². The van der Waals surface area contributed by atoms with Gasteiger partial charge in [0.2, 0.25) is 0 Å².